The molecule has 1 unspecified atom stereocenters. The van der Waals surface area contributed by atoms with Crippen molar-refractivity contribution in [3.63, 3.8) is 0 Å². The zero-order chi connectivity index (χ0) is 11.3. The average Bonchev–Trinajstić information content (AvgIpc) is 2.18. The summed E-state index contributed by atoms with van der Waals surface area (Å²) in [5.74, 6) is -0.827. The maximum atomic E-state index is 13.1. The van der Waals surface area contributed by atoms with Gasteiger partial charge >= 0.3 is 8.25 Å². The van der Waals surface area contributed by atoms with Crippen molar-refractivity contribution in [1.82, 2.24) is 0 Å². The SMILES string of the molecule is O=[PH](O)OC[S@@+]([O-])Cc1ccccc1F. The molecule has 84 valence electrons. The Morgan fingerprint density at radius 3 is 2.80 bits per heavy atom. The van der Waals surface area contributed by atoms with Crippen molar-refractivity contribution in [3.8, 4) is 0 Å². The van der Waals surface area contributed by atoms with Crippen molar-refractivity contribution in [1.29, 1.82) is 0 Å². The molecular weight excluding hydrogens is 242 g/mol. The van der Waals surface area contributed by atoms with Gasteiger partial charge in [0.15, 0.2) is 0 Å². The number of rotatable bonds is 5. The van der Waals surface area contributed by atoms with E-state index >= 15 is 0 Å². The molecule has 1 N–H and O–H groups in total. The van der Waals surface area contributed by atoms with Crippen LogP contribution >= 0.6 is 8.25 Å². The van der Waals surface area contributed by atoms with Crippen LogP contribution in [0.3, 0.4) is 0 Å². The molecule has 1 rings (SSSR count). The molecule has 1 aromatic carbocycles. The second-order valence-corrected chi connectivity index (χ2v) is 4.93. The fourth-order valence-electron chi connectivity index (χ4n) is 0.947. The number of halogens is 1. The quantitative estimate of drug-likeness (QED) is 0.635. The molecule has 0 aliphatic heterocycles. The monoisotopic (exact) mass is 252 g/mol. The molecule has 0 amide bonds. The van der Waals surface area contributed by atoms with Gasteiger partial charge in [-0.15, -0.1) is 0 Å². The van der Waals surface area contributed by atoms with E-state index < -0.39 is 25.2 Å². The summed E-state index contributed by atoms with van der Waals surface area (Å²) < 4.78 is 38.8. The van der Waals surface area contributed by atoms with E-state index in [-0.39, 0.29) is 11.7 Å². The molecule has 15 heavy (non-hydrogen) atoms. The van der Waals surface area contributed by atoms with Crippen LogP contribution in [0, 0.1) is 5.82 Å². The molecule has 0 radical (unpaired) electrons. The van der Waals surface area contributed by atoms with Gasteiger partial charge in [-0.2, -0.15) is 0 Å². The lowest BCUT2D eigenvalue weighted by atomic mass is 10.2. The predicted octanol–water partition coefficient (Wildman–Crippen LogP) is 1.43. The van der Waals surface area contributed by atoms with Crippen LogP contribution in [0.2, 0.25) is 0 Å². The third-order valence-electron chi connectivity index (χ3n) is 1.59. The lowest BCUT2D eigenvalue weighted by molar-refractivity contribution is 0.322. The minimum Gasteiger partial charge on any atom is -0.614 e. The minimum absolute atomic E-state index is 0.0260. The first kappa shape index (κ1) is 12.7. The van der Waals surface area contributed by atoms with Crippen LogP contribution < -0.4 is 0 Å². The maximum Gasteiger partial charge on any atom is 0.320 e. The molecule has 0 aliphatic rings. The molecule has 0 aliphatic carbocycles. The van der Waals surface area contributed by atoms with Crippen LogP contribution in [0.1, 0.15) is 5.56 Å². The van der Waals surface area contributed by atoms with Gasteiger partial charge < -0.3 is 9.45 Å². The molecule has 0 saturated carbocycles. The van der Waals surface area contributed by atoms with Crippen LogP contribution in [-0.4, -0.2) is 15.4 Å². The molecule has 0 bridgehead atoms. The minimum atomic E-state index is -3.07. The van der Waals surface area contributed by atoms with Crippen LogP contribution in [0.5, 0.6) is 0 Å². The average molecular weight is 252 g/mol. The van der Waals surface area contributed by atoms with Gasteiger partial charge in [-0.05, 0) is 17.2 Å². The van der Waals surface area contributed by atoms with Gasteiger partial charge in [-0.1, -0.05) is 18.2 Å². The Hall–Kier alpha value is -0.390. The standard InChI is InChI=1S/C8H10FO4PS/c9-8-4-2-1-3-7(8)5-15(12)6-13-14(10)11/h1-4,14H,5-6H2,(H,10,11)/t15-/m0/s1. The summed E-state index contributed by atoms with van der Waals surface area (Å²) >= 11 is -1.50. The summed E-state index contributed by atoms with van der Waals surface area (Å²) in [7, 11) is -3.07. The van der Waals surface area contributed by atoms with E-state index in [4.69, 9.17) is 4.89 Å². The van der Waals surface area contributed by atoms with Crippen molar-refractivity contribution >= 4 is 19.4 Å². The van der Waals surface area contributed by atoms with E-state index in [1.807, 2.05) is 0 Å². The van der Waals surface area contributed by atoms with E-state index in [1.54, 1.807) is 6.07 Å². The Morgan fingerprint density at radius 1 is 1.53 bits per heavy atom. The van der Waals surface area contributed by atoms with E-state index in [0.717, 1.165) is 0 Å². The van der Waals surface area contributed by atoms with Crippen molar-refractivity contribution in [2.45, 2.75) is 5.75 Å². The summed E-state index contributed by atoms with van der Waals surface area (Å²) in [5.41, 5.74) is 0.303. The molecule has 1 aromatic rings. The van der Waals surface area contributed by atoms with Crippen molar-refractivity contribution in [2.24, 2.45) is 0 Å². The van der Waals surface area contributed by atoms with Crippen LogP contribution in [0.4, 0.5) is 4.39 Å². The van der Waals surface area contributed by atoms with Crippen LogP contribution in [0.25, 0.3) is 0 Å². The Kier molecular flexibility index (Phi) is 5.28. The highest BCUT2D eigenvalue weighted by atomic mass is 32.2. The van der Waals surface area contributed by atoms with Gasteiger partial charge in [0, 0.05) is 5.56 Å². The summed E-state index contributed by atoms with van der Waals surface area (Å²) in [4.78, 5) is 8.34. The van der Waals surface area contributed by atoms with Crippen molar-refractivity contribution in [3.05, 3.63) is 35.6 Å². The first-order valence-electron chi connectivity index (χ1n) is 4.03. The Labute approximate surface area is 90.2 Å². The zero-order valence-corrected chi connectivity index (χ0v) is 9.50. The first-order valence-corrected chi connectivity index (χ1v) is 6.79. The van der Waals surface area contributed by atoms with Gasteiger partial charge in [-0.25, -0.2) is 4.39 Å². The molecule has 0 aromatic heterocycles. The summed E-state index contributed by atoms with van der Waals surface area (Å²) in [6.07, 6.45) is 0. The molecular formula is C8H10FO4PS. The second kappa shape index (κ2) is 6.25. The highest BCUT2D eigenvalue weighted by Crippen LogP contribution is 2.18. The Bertz CT molecular complexity index is 349. The third-order valence-corrected chi connectivity index (χ3v) is 3.20. The molecule has 0 fully saturated rings. The van der Waals surface area contributed by atoms with Gasteiger partial charge in [-0.3, -0.25) is 9.09 Å². The van der Waals surface area contributed by atoms with Crippen LogP contribution in [0.15, 0.2) is 24.3 Å². The largest absolute Gasteiger partial charge is 0.614 e. The van der Waals surface area contributed by atoms with Crippen molar-refractivity contribution < 1.29 is 22.9 Å². The lowest BCUT2D eigenvalue weighted by Gasteiger charge is -2.10. The van der Waals surface area contributed by atoms with E-state index in [1.165, 1.54) is 18.2 Å². The highest BCUT2D eigenvalue weighted by Gasteiger charge is 2.12. The zero-order valence-electron chi connectivity index (χ0n) is 7.68. The molecule has 0 spiro atoms. The third kappa shape index (κ3) is 4.77. The number of hydrogen-bond donors (Lipinski definition) is 1. The Balaban J connectivity index is 2.47. The summed E-state index contributed by atoms with van der Waals surface area (Å²) in [6, 6.07) is 5.94. The topological polar surface area (TPSA) is 69.6 Å². The maximum absolute atomic E-state index is 13.1. The van der Waals surface area contributed by atoms with Gasteiger partial charge in [0.2, 0.25) is 5.94 Å². The molecule has 4 nitrogen and oxygen atoms in total. The molecule has 7 heteroatoms. The normalized spacial score (nSPS) is 14.9. The Morgan fingerprint density at radius 2 is 2.20 bits per heavy atom. The molecule has 2 atom stereocenters. The summed E-state index contributed by atoms with van der Waals surface area (Å²) in [5, 5.41) is 0. The molecule has 0 saturated heterocycles. The van der Waals surface area contributed by atoms with Crippen LogP contribution in [-0.2, 0) is 26.0 Å². The van der Waals surface area contributed by atoms with E-state index in [2.05, 4.69) is 4.52 Å². The second-order valence-electron chi connectivity index (χ2n) is 2.70. The number of hydrogen-bond acceptors (Lipinski definition) is 3. The van der Waals surface area contributed by atoms with Gasteiger partial charge in [0.05, 0.1) is 0 Å². The highest BCUT2D eigenvalue weighted by molar-refractivity contribution is 7.90. The number of benzene rings is 1. The van der Waals surface area contributed by atoms with E-state index in [0.29, 0.717) is 5.56 Å². The fourth-order valence-corrected chi connectivity index (χ4v) is 2.54. The van der Waals surface area contributed by atoms with Gasteiger partial charge in [0.25, 0.3) is 0 Å². The lowest BCUT2D eigenvalue weighted by Crippen LogP contribution is -2.11. The van der Waals surface area contributed by atoms with E-state index in [9.17, 15) is 13.5 Å². The fraction of sp³-hybridized carbons (Fsp3) is 0.250. The first-order chi connectivity index (χ1) is 7.09. The predicted molar refractivity (Wildman–Crippen MR) is 55.4 cm³/mol. The van der Waals surface area contributed by atoms with Gasteiger partial charge in [0.1, 0.15) is 11.6 Å². The molecule has 0 heterocycles. The summed E-state index contributed by atoms with van der Waals surface area (Å²) in [6.45, 7) is 0. The van der Waals surface area contributed by atoms with Crippen molar-refractivity contribution in [2.75, 3.05) is 5.94 Å². The smallest absolute Gasteiger partial charge is 0.320 e.